The summed E-state index contributed by atoms with van der Waals surface area (Å²) >= 11 is 1.52. The van der Waals surface area contributed by atoms with Gasteiger partial charge in [-0.25, -0.2) is 9.97 Å². The zero-order chi connectivity index (χ0) is 14.7. The van der Waals surface area contributed by atoms with Gasteiger partial charge in [0.2, 0.25) is 0 Å². The fourth-order valence-corrected chi connectivity index (χ4v) is 3.01. The Morgan fingerprint density at radius 2 is 2.00 bits per heavy atom. The Morgan fingerprint density at radius 1 is 1.19 bits per heavy atom. The van der Waals surface area contributed by atoms with E-state index in [1.165, 1.54) is 17.3 Å². The van der Waals surface area contributed by atoms with Gasteiger partial charge in [0, 0.05) is 11.9 Å². The molecule has 0 aliphatic rings. The fourth-order valence-electron chi connectivity index (χ4n) is 2.05. The number of imidazole rings is 1. The van der Waals surface area contributed by atoms with Gasteiger partial charge in [-0.2, -0.15) is 0 Å². The third-order valence-corrected chi connectivity index (χ3v) is 4.02. The van der Waals surface area contributed by atoms with E-state index in [4.69, 9.17) is 5.11 Å². The molecule has 0 aliphatic carbocycles. The smallest absolute Gasteiger partial charge is 0.323 e. The molecule has 0 unspecified atom stereocenters. The van der Waals surface area contributed by atoms with Crippen molar-refractivity contribution in [2.45, 2.75) is 17.5 Å². The molecular formula is C15H13N3O2S. The quantitative estimate of drug-likeness (QED) is 0.734. The molecule has 1 N–H and O–H groups in total. The van der Waals surface area contributed by atoms with Crippen LogP contribution in [0.25, 0.3) is 11.2 Å². The molecule has 3 rings (SSSR count). The minimum atomic E-state index is -0.901. The number of nitrogens with zero attached hydrogens (tertiary/aromatic N) is 3. The summed E-state index contributed by atoms with van der Waals surface area (Å²) in [5.74, 6) is -0.162. The van der Waals surface area contributed by atoms with E-state index in [1.54, 1.807) is 16.8 Å². The van der Waals surface area contributed by atoms with E-state index in [0.717, 1.165) is 5.75 Å². The van der Waals surface area contributed by atoms with Crippen molar-refractivity contribution in [1.29, 1.82) is 0 Å². The summed E-state index contributed by atoms with van der Waals surface area (Å²) in [6.45, 7) is -0.134. The predicted molar refractivity (Wildman–Crippen MR) is 81.2 cm³/mol. The predicted octanol–water partition coefficient (Wildman–Crippen LogP) is 2.81. The third-order valence-electron chi connectivity index (χ3n) is 2.97. The molecule has 3 aromatic rings. The summed E-state index contributed by atoms with van der Waals surface area (Å²) in [6, 6.07) is 13.7. The molecular weight excluding hydrogens is 286 g/mol. The van der Waals surface area contributed by atoms with E-state index in [0.29, 0.717) is 16.3 Å². The average Bonchev–Trinajstić information content (AvgIpc) is 2.84. The fraction of sp³-hybridized carbons (Fsp3) is 0.133. The van der Waals surface area contributed by atoms with Crippen LogP contribution in [0.2, 0.25) is 0 Å². The SMILES string of the molecule is O=C(O)Cn1c(SCc2ccccc2)nc2cccnc21. The van der Waals surface area contributed by atoms with Crippen LogP contribution >= 0.6 is 11.8 Å². The van der Waals surface area contributed by atoms with Gasteiger partial charge in [-0.05, 0) is 17.7 Å². The Hall–Kier alpha value is -2.34. The van der Waals surface area contributed by atoms with E-state index in [1.807, 2.05) is 36.4 Å². The number of thioether (sulfide) groups is 1. The van der Waals surface area contributed by atoms with Crippen LogP contribution in [-0.2, 0) is 17.1 Å². The first kappa shape index (κ1) is 13.6. The molecule has 2 aromatic heterocycles. The molecule has 0 aliphatic heterocycles. The zero-order valence-corrected chi connectivity index (χ0v) is 12.0. The van der Waals surface area contributed by atoms with Crippen molar-refractivity contribution < 1.29 is 9.90 Å². The van der Waals surface area contributed by atoms with Crippen molar-refractivity contribution in [3.63, 3.8) is 0 Å². The van der Waals surface area contributed by atoms with E-state index in [-0.39, 0.29) is 6.54 Å². The molecule has 21 heavy (non-hydrogen) atoms. The van der Waals surface area contributed by atoms with Gasteiger partial charge in [-0.3, -0.25) is 9.36 Å². The first-order valence-electron chi connectivity index (χ1n) is 6.44. The highest BCUT2D eigenvalue weighted by molar-refractivity contribution is 7.98. The molecule has 106 valence electrons. The zero-order valence-electron chi connectivity index (χ0n) is 11.1. The minimum Gasteiger partial charge on any atom is -0.480 e. The van der Waals surface area contributed by atoms with Gasteiger partial charge in [-0.1, -0.05) is 42.1 Å². The van der Waals surface area contributed by atoms with E-state index in [9.17, 15) is 4.79 Å². The van der Waals surface area contributed by atoms with Gasteiger partial charge >= 0.3 is 5.97 Å². The molecule has 0 bridgehead atoms. The summed E-state index contributed by atoms with van der Waals surface area (Å²) in [6.07, 6.45) is 1.65. The van der Waals surface area contributed by atoms with Crippen LogP contribution in [-0.4, -0.2) is 25.6 Å². The third kappa shape index (κ3) is 3.05. The molecule has 0 radical (unpaired) electrons. The van der Waals surface area contributed by atoms with Crippen molar-refractivity contribution in [2.75, 3.05) is 0 Å². The highest BCUT2D eigenvalue weighted by atomic mass is 32.2. The topological polar surface area (TPSA) is 68.0 Å². The van der Waals surface area contributed by atoms with Gasteiger partial charge in [0.05, 0.1) is 0 Å². The normalized spacial score (nSPS) is 10.9. The lowest BCUT2D eigenvalue weighted by atomic mass is 10.2. The van der Waals surface area contributed by atoms with Crippen molar-refractivity contribution in [1.82, 2.24) is 14.5 Å². The van der Waals surface area contributed by atoms with Crippen LogP contribution in [0.15, 0.2) is 53.8 Å². The second kappa shape index (κ2) is 5.97. The Kier molecular flexibility index (Phi) is 3.87. The lowest BCUT2D eigenvalue weighted by Crippen LogP contribution is -2.10. The second-order valence-corrected chi connectivity index (χ2v) is 5.44. The Balaban J connectivity index is 1.91. The molecule has 0 amide bonds. The lowest BCUT2D eigenvalue weighted by molar-refractivity contribution is -0.137. The Bertz CT molecular complexity index is 771. The molecule has 0 saturated heterocycles. The number of rotatable bonds is 5. The maximum Gasteiger partial charge on any atom is 0.323 e. The summed E-state index contributed by atoms with van der Waals surface area (Å²) in [4.78, 5) is 19.8. The molecule has 5 nitrogen and oxygen atoms in total. The largest absolute Gasteiger partial charge is 0.480 e. The number of fused-ring (bicyclic) bond motifs is 1. The van der Waals surface area contributed by atoms with E-state index < -0.39 is 5.97 Å². The number of benzene rings is 1. The number of carbonyl (C=O) groups is 1. The van der Waals surface area contributed by atoms with Crippen molar-refractivity contribution >= 4 is 28.9 Å². The van der Waals surface area contributed by atoms with E-state index >= 15 is 0 Å². The number of carboxylic acid groups (broad SMARTS) is 1. The molecule has 6 heteroatoms. The molecule has 2 heterocycles. The minimum absolute atomic E-state index is 0.134. The molecule has 0 atom stereocenters. The highest BCUT2D eigenvalue weighted by Gasteiger charge is 2.14. The summed E-state index contributed by atoms with van der Waals surface area (Å²) < 4.78 is 1.64. The number of pyridine rings is 1. The number of carboxylic acids is 1. The first-order valence-corrected chi connectivity index (χ1v) is 7.42. The van der Waals surface area contributed by atoms with Crippen LogP contribution in [0.5, 0.6) is 0 Å². The van der Waals surface area contributed by atoms with Gasteiger partial charge in [0.25, 0.3) is 0 Å². The lowest BCUT2D eigenvalue weighted by Gasteiger charge is -2.05. The summed E-state index contributed by atoms with van der Waals surface area (Å²) in [5.41, 5.74) is 2.49. The van der Waals surface area contributed by atoms with Gasteiger partial charge < -0.3 is 5.11 Å². The Morgan fingerprint density at radius 3 is 2.76 bits per heavy atom. The van der Waals surface area contributed by atoms with Crippen LogP contribution in [0.4, 0.5) is 0 Å². The molecule has 0 fully saturated rings. The first-order chi connectivity index (χ1) is 10.2. The maximum atomic E-state index is 11.1. The average molecular weight is 299 g/mol. The molecule has 0 saturated carbocycles. The molecule has 0 spiro atoms. The highest BCUT2D eigenvalue weighted by Crippen LogP contribution is 2.25. The standard InChI is InChI=1S/C15H13N3O2S/c19-13(20)9-18-14-12(7-4-8-16-14)17-15(18)21-10-11-5-2-1-3-6-11/h1-8H,9-10H2,(H,19,20). The number of hydrogen-bond donors (Lipinski definition) is 1. The van der Waals surface area contributed by atoms with E-state index in [2.05, 4.69) is 9.97 Å². The van der Waals surface area contributed by atoms with Gasteiger partial charge in [0.1, 0.15) is 12.1 Å². The molecule has 1 aromatic carbocycles. The van der Waals surface area contributed by atoms with Crippen LogP contribution < -0.4 is 0 Å². The number of aromatic nitrogens is 3. The summed E-state index contributed by atoms with van der Waals surface area (Å²) in [5, 5.41) is 9.74. The maximum absolute atomic E-state index is 11.1. The monoisotopic (exact) mass is 299 g/mol. The van der Waals surface area contributed by atoms with Gasteiger partial charge in [-0.15, -0.1) is 0 Å². The van der Waals surface area contributed by atoms with Crippen LogP contribution in [0.1, 0.15) is 5.56 Å². The van der Waals surface area contributed by atoms with Crippen molar-refractivity contribution in [3.8, 4) is 0 Å². The van der Waals surface area contributed by atoms with Crippen molar-refractivity contribution in [3.05, 3.63) is 54.2 Å². The van der Waals surface area contributed by atoms with Crippen molar-refractivity contribution in [2.24, 2.45) is 0 Å². The second-order valence-electron chi connectivity index (χ2n) is 4.49. The summed E-state index contributed by atoms with van der Waals surface area (Å²) in [7, 11) is 0. The Labute approximate surface area is 125 Å². The van der Waals surface area contributed by atoms with Gasteiger partial charge in [0.15, 0.2) is 10.8 Å². The van der Waals surface area contributed by atoms with Crippen LogP contribution in [0.3, 0.4) is 0 Å². The number of aliphatic carboxylic acids is 1. The number of hydrogen-bond acceptors (Lipinski definition) is 4. The van der Waals surface area contributed by atoms with Crippen LogP contribution in [0, 0.1) is 0 Å².